The molecule has 21 heavy (non-hydrogen) atoms. The van der Waals surface area contributed by atoms with Crippen LogP contribution in [0.25, 0.3) is 0 Å². The summed E-state index contributed by atoms with van der Waals surface area (Å²) >= 11 is 24.3. The molecule has 2 aliphatic heterocycles. The molecule has 8 heteroatoms. The summed E-state index contributed by atoms with van der Waals surface area (Å²) in [7, 11) is 0. The third-order valence-corrected chi connectivity index (χ3v) is 5.62. The van der Waals surface area contributed by atoms with Crippen LogP contribution in [-0.2, 0) is 10.6 Å². The van der Waals surface area contributed by atoms with E-state index in [1.165, 1.54) is 0 Å². The Hall–Kier alpha value is -0.230. The number of cyclic esters (lactones) is 1. The summed E-state index contributed by atoms with van der Waals surface area (Å²) in [6.07, 6.45) is 2.84. The van der Waals surface area contributed by atoms with Gasteiger partial charge in [0.1, 0.15) is 0 Å². The van der Waals surface area contributed by atoms with Crippen molar-refractivity contribution in [3.8, 4) is 0 Å². The number of ether oxygens (including phenoxy) is 1. The highest BCUT2D eigenvalue weighted by atomic mass is 35.5. The molecule has 114 valence electrons. The summed E-state index contributed by atoms with van der Waals surface area (Å²) in [5.41, 5.74) is 0.0552. The average Bonchev–Trinajstić information content (AvgIpc) is 2.76. The van der Waals surface area contributed by atoms with Gasteiger partial charge in [0.2, 0.25) is 0 Å². The second kappa shape index (κ2) is 5.44. The van der Waals surface area contributed by atoms with Crippen LogP contribution in [0.2, 0.25) is 20.1 Å². The standard InChI is InChI=1S/C13H11Cl4NO3/c14-8-6-7(9(15)11(17)10(8)16)13(20,21-12(6)19)18-4-2-1-3-5-18/h20H,1-5H2/t13-/m0/s1. The van der Waals surface area contributed by atoms with E-state index in [0.717, 1.165) is 19.3 Å². The minimum absolute atomic E-state index is 0.00387. The topological polar surface area (TPSA) is 49.8 Å². The number of nitrogens with zero attached hydrogens (tertiary/aromatic N) is 1. The number of carbonyl (C=O) groups is 1. The molecule has 2 heterocycles. The van der Waals surface area contributed by atoms with Gasteiger partial charge in [-0.15, -0.1) is 0 Å². The van der Waals surface area contributed by atoms with Crippen LogP contribution in [0.1, 0.15) is 35.2 Å². The van der Waals surface area contributed by atoms with E-state index in [-0.39, 0.29) is 31.2 Å². The molecule has 0 amide bonds. The van der Waals surface area contributed by atoms with Crippen molar-refractivity contribution in [3.63, 3.8) is 0 Å². The lowest BCUT2D eigenvalue weighted by atomic mass is 10.0. The predicted molar refractivity (Wildman–Crippen MR) is 81.2 cm³/mol. The monoisotopic (exact) mass is 369 g/mol. The number of hydrogen-bond donors (Lipinski definition) is 1. The highest BCUT2D eigenvalue weighted by molar-refractivity contribution is 6.53. The molecule has 0 saturated carbocycles. The molecule has 1 aromatic rings. The molecule has 1 saturated heterocycles. The first-order chi connectivity index (χ1) is 9.88. The van der Waals surface area contributed by atoms with E-state index in [9.17, 15) is 9.90 Å². The first-order valence-electron chi connectivity index (χ1n) is 6.45. The molecular weight excluding hydrogens is 360 g/mol. The van der Waals surface area contributed by atoms with Crippen LogP contribution in [0, 0.1) is 0 Å². The number of benzene rings is 1. The molecule has 0 unspecified atom stereocenters. The van der Waals surface area contributed by atoms with Gasteiger partial charge in [-0.05, 0) is 12.8 Å². The van der Waals surface area contributed by atoms with Crippen molar-refractivity contribution in [2.45, 2.75) is 25.2 Å². The lowest BCUT2D eigenvalue weighted by Crippen LogP contribution is -2.49. The van der Waals surface area contributed by atoms with Crippen molar-refractivity contribution in [1.29, 1.82) is 0 Å². The highest BCUT2D eigenvalue weighted by Crippen LogP contribution is 2.50. The minimum Gasteiger partial charge on any atom is -0.411 e. The van der Waals surface area contributed by atoms with Crippen LogP contribution in [0.5, 0.6) is 0 Å². The molecule has 0 aromatic heterocycles. The number of carbonyl (C=O) groups excluding carboxylic acids is 1. The zero-order chi connectivity index (χ0) is 15.4. The van der Waals surface area contributed by atoms with Crippen molar-refractivity contribution >= 4 is 52.4 Å². The fourth-order valence-corrected chi connectivity index (χ4v) is 3.83. The number of halogens is 4. The Bertz CT molecular complexity index is 631. The van der Waals surface area contributed by atoms with Gasteiger partial charge in [-0.25, -0.2) is 9.69 Å². The van der Waals surface area contributed by atoms with E-state index in [1.54, 1.807) is 4.90 Å². The largest absolute Gasteiger partial charge is 0.411 e. The van der Waals surface area contributed by atoms with Crippen LogP contribution < -0.4 is 0 Å². The molecule has 2 aliphatic rings. The molecule has 1 atom stereocenters. The first-order valence-corrected chi connectivity index (χ1v) is 7.96. The van der Waals surface area contributed by atoms with Crippen LogP contribution in [0.15, 0.2) is 0 Å². The minimum atomic E-state index is -1.94. The summed E-state index contributed by atoms with van der Waals surface area (Å²) in [5, 5.41) is 10.8. The van der Waals surface area contributed by atoms with Crippen molar-refractivity contribution in [3.05, 3.63) is 31.2 Å². The Balaban J connectivity index is 2.21. The van der Waals surface area contributed by atoms with Gasteiger partial charge in [0.15, 0.2) is 0 Å². The van der Waals surface area contributed by atoms with Gasteiger partial charge in [0, 0.05) is 13.1 Å². The molecule has 1 fully saturated rings. The lowest BCUT2D eigenvalue weighted by molar-refractivity contribution is -0.268. The van der Waals surface area contributed by atoms with E-state index in [1.807, 2.05) is 0 Å². The normalized spacial score (nSPS) is 25.9. The Morgan fingerprint density at radius 2 is 1.52 bits per heavy atom. The molecular formula is C13H11Cl4NO3. The van der Waals surface area contributed by atoms with Gasteiger partial charge >= 0.3 is 11.9 Å². The first kappa shape index (κ1) is 15.7. The molecule has 1 aromatic carbocycles. The molecule has 0 radical (unpaired) electrons. The van der Waals surface area contributed by atoms with Gasteiger partial charge in [-0.1, -0.05) is 52.8 Å². The van der Waals surface area contributed by atoms with Crippen LogP contribution in [-0.4, -0.2) is 29.1 Å². The molecule has 1 N–H and O–H groups in total. The number of piperidine rings is 1. The maximum Gasteiger partial charge on any atom is 0.344 e. The van der Waals surface area contributed by atoms with Gasteiger partial charge < -0.3 is 9.84 Å². The summed E-state index contributed by atoms with van der Waals surface area (Å²) in [5.74, 6) is -2.70. The number of fused-ring (bicyclic) bond motifs is 1. The molecule has 0 aliphatic carbocycles. The third-order valence-electron chi connectivity index (χ3n) is 3.82. The van der Waals surface area contributed by atoms with Crippen molar-refractivity contribution < 1.29 is 14.6 Å². The van der Waals surface area contributed by atoms with Crippen LogP contribution in [0.4, 0.5) is 0 Å². The summed E-state index contributed by atoms with van der Waals surface area (Å²) < 4.78 is 5.19. The maximum atomic E-state index is 12.1. The number of likely N-dealkylation sites (tertiary alicyclic amines) is 1. The Labute approximate surface area is 141 Å². The predicted octanol–water partition coefficient (Wildman–Crippen LogP) is 4.06. The number of esters is 1. The van der Waals surface area contributed by atoms with Gasteiger partial charge in [0.05, 0.1) is 31.2 Å². The Morgan fingerprint density at radius 3 is 2.14 bits per heavy atom. The lowest BCUT2D eigenvalue weighted by Gasteiger charge is -2.38. The quantitative estimate of drug-likeness (QED) is 0.460. The average molecular weight is 371 g/mol. The SMILES string of the molecule is O=C1O[C@](O)(N2CCCCC2)c2c(Cl)c(Cl)c(Cl)c(Cl)c21. The van der Waals surface area contributed by atoms with E-state index in [0.29, 0.717) is 13.1 Å². The zero-order valence-corrected chi connectivity index (χ0v) is 13.8. The highest BCUT2D eigenvalue weighted by Gasteiger charge is 2.52. The number of rotatable bonds is 1. The van der Waals surface area contributed by atoms with Crippen LogP contribution in [0.3, 0.4) is 0 Å². The summed E-state index contributed by atoms with van der Waals surface area (Å²) in [4.78, 5) is 13.8. The molecule has 0 bridgehead atoms. The maximum absolute atomic E-state index is 12.1. The molecule has 4 nitrogen and oxygen atoms in total. The molecule has 0 spiro atoms. The summed E-state index contributed by atoms with van der Waals surface area (Å²) in [6, 6.07) is 0. The summed E-state index contributed by atoms with van der Waals surface area (Å²) in [6.45, 7) is 1.16. The second-order valence-corrected chi connectivity index (χ2v) is 6.56. The van der Waals surface area contributed by atoms with Crippen molar-refractivity contribution in [2.75, 3.05) is 13.1 Å². The second-order valence-electron chi connectivity index (χ2n) is 5.05. The van der Waals surface area contributed by atoms with E-state index in [2.05, 4.69) is 0 Å². The van der Waals surface area contributed by atoms with Crippen molar-refractivity contribution in [2.24, 2.45) is 0 Å². The molecule has 3 rings (SSSR count). The fraction of sp³-hybridized carbons (Fsp3) is 0.462. The van der Waals surface area contributed by atoms with Gasteiger partial charge in [0.25, 0.3) is 0 Å². The van der Waals surface area contributed by atoms with Crippen LogP contribution >= 0.6 is 46.4 Å². The van der Waals surface area contributed by atoms with E-state index < -0.39 is 11.9 Å². The third kappa shape index (κ3) is 2.24. The van der Waals surface area contributed by atoms with Gasteiger partial charge in [-0.2, -0.15) is 0 Å². The number of aliphatic hydroxyl groups is 1. The fourth-order valence-electron chi connectivity index (χ4n) is 2.78. The zero-order valence-electron chi connectivity index (χ0n) is 10.8. The van der Waals surface area contributed by atoms with E-state index in [4.69, 9.17) is 51.1 Å². The smallest absolute Gasteiger partial charge is 0.344 e. The van der Waals surface area contributed by atoms with Crippen molar-refractivity contribution in [1.82, 2.24) is 4.90 Å². The number of hydrogen-bond acceptors (Lipinski definition) is 4. The Morgan fingerprint density at radius 1 is 0.952 bits per heavy atom. The van der Waals surface area contributed by atoms with Gasteiger partial charge in [-0.3, -0.25) is 0 Å². The van der Waals surface area contributed by atoms with E-state index >= 15 is 0 Å². The Kier molecular flexibility index (Phi) is 4.06.